The minimum absolute atomic E-state index is 0.0838. The molecule has 0 heterocycles. The topological polar surface area (TPSA) is 55.4 Å². The summed E-state index contributed by atoms with van der Waals surface area (Å²) < 4.78 is 33.1. The Balaban J connectivity index is 3.01. The quantitative estimate of drug-likeness (QED) is 0.599. The van der Waals surface area contributed by atoms with Gasteiger partial charge in [0.15, 0.2) is 0 Å². The summed E-state index contributed by atoms with van der Waals surface area (Å²) in [6.07, 6.45) is 0.599. The highest BCUT2D eigenvalue weighted by atomic mass is 32.2. The molecule has 1 amide bonds. The fourth-order valence-electron chi connectivity index (χ4n) is 1.77. The van der Waals surface area contributed by atoms with Gasteiger partial charge in [-0.1, -0.05) is 13.8 Å². The molecule has 0 saturated heterocycles. The van der Waals surface area contributed by atoms with E-state index in [1.165, 1.54) is 6.07 Å². The second-order valence-electron chi connectivity index (χ2n) is 6.21. The van der Waals surface area contributed by atoms with Crippen molar-refractivity contribution in [1.29, 1.82) is 0 Å². The Bertz CT molecular complexity index is 615. The third-order valence-corrected chi connectivity index (χ3v) is 4.30. The molecule has 1 aromatic rings. The van der Waals surface area contributed by atoms with Crippen LogP contribution in [0.25, 0.3) is 0 Å². The number of anilines is 1. The van der Waals surface area contributed by atoms with E-state index in [-0.39, 0.29) is 22.9 Å². The van der Waals surface area contributed by atoms with Gasteiger partial charge in [-0.05, 0) is 33.3 Å². The molecule has 0 fully saturated rings. The number of hydrogen-bond donors (Lipinski definition) is 1. The van der Waals surface area contributed by atoms with Crippen molar-refractivity contribution in [1.82, 2.24) is 0 Å². The molecule has 0 aliphatic rings. The Morgan fingerprint density at radius 2 is 1.83 bits per heavy atom. The number of thioether (sulfide) groups is 1. The molecule has 1 atom stereocenters. The number of benzene rings is 1. The summed E-state index contributed by atoms with van der Waals surface area (Å²) in [6.45, 7) is 8.66. The highest BCUT2D eigenvalue weighted by Gasteiger charge is 2.26. The lowest BCUT2D eigenvalue weighted by atomic mass is 10.2. The Hall–Kier alpha value is -1.63. The first kappa shape index (κ1) is 20.4. The van der Waals surface area contributed by atoms with Gasteiger partial charge in [0.2, 0.25) is 5.91 Å². The first-order valence-corrected chi connectivity index (χ1v) is 8.63. The van der Waals surface area contributed by atoms with Crippen molar-refractivity contribution >= 4 is 29.3 Å². The smallest absolute Gasteiger partial charge is 0.319 e. The molecule has 0 aliphatic carbocycles. The van der Waals surface area contributed by atoms with Gasteiger partial charge in [0.1, 0.15) is 22.5 Å². The van der Waals surface area contributed by atoms with Crippen LogP contribution in [0.1, 0.15) is 47.5 Å². The zero-order chi connectivity index (χ0) is 18.5. The summed E-state index contributed by atoms with van der Waals surface area (Å²) in [4.78, 5) is 23.7. The van der Waals surface area contributed by atoms with E-state index in [4.69, 9.17) is 4.74 Å². The van der Waals surface area contributed by atoms with Crippen molar-refractivity contribution < 1.29 is 23.1 Å². The number of hydrogen-bond acceptors (Lipinski definition) is 4. The third kappa shape index (κ3) is 6.11. The minimum atomic E-state index is -0.857. The number of esters is 1. The highest BCUT2D eigenvalue weighted by molar-refractivity contribution is 8.00. The fraction of sp³-hybridized carbons (Fsp3) is 0.529. The Labute approximate surface area is 145 Å². The largest absolute Gasteiger partial charge is 0.459 e. The zero-order valence-corrected chi connectivity index (χ0v) is 15.4. The predicted octanol–water partition coefficient (Wildman–Crippen LogP) is 4.53. The lowest BCUT2D eigenvalue weighted by Crippen LogP contribution is -2.30. The Morgan fingerprint density at radius 1 is 1.21 bits per heavy atom. The number of amides is 1. The van der Waals surface area contributed by atoms with E-state index in [1.807, 2.05) is 0 Å². The molecule has 0 radical (unpaired) electrons. The monoisotopic (exact) mass is 359 g/mol. The van der Waals surface area contributed by atoms with Crippen LogP contribution >= 0.6 is 11.8 Å². The van der Waals surface area contributed by atoms with Gasteiger partial charge >= 0.3 is 5.97 Å². The van der Waals surface area contributed by atoms with Gasteiger partial charge < -0.3 is 10.1 Å². The standard InChI is InChI=1S/C17H23F2NO3S/c1-6-13(16(22)23-17(3,4)5)24-14-9-12(20-15(21)7-2)10(18)8-11(14)19/h8-9,13H,6-7H2,1-5H3,(H,20,21). The molecule has 0 saturated carbocycles. The van der Waals surface area contributed by atoms with E-state index in [0.717, 1.165) is 11.8 Å². The van der Waals surface area contributed by atoms with Gasteiger partial charge in [-0.2, -0.15) is 0 Å². The highest BCUT2D eigenvalue weighted by Crippen LogP contribution is 2.33. The number of nitrogens with one attached hydrogen (secondary N) is 1. The lowest BCUT2D eigenvalue weighted by Gasteiger charge is -2.23. The maximum Gasteiger partial charge on any atom is 0.319 e. The third-order valence-electron chi connectivity index (χ3n) is 2.93. The second-order valence-corrected chi connectivity index (χ2v) is 7.46. The average molecular weight is 359 g/mol. The van der Waals surface area contributed by atoms with Crippen molar-refractivity contribution in [2.24, 2.45) is 0 Å². The van der Waals surface area contributed by atoms with E-state index in [1.54, 1.807) is 34.6 Å². The summed E-state index contributed by atoms with van der Waals surface area (Å²) >= 11 is 0.954. The molecule has 134 valence electrons. The normalized spacial score (nSPS) is 12.6. The van der Waals surface area contributed by atoms with Gasteiger partial charge in [0.25, 0.3) is 0 Å². The number of carbonyl (C=O) groups is 2. The van der Waals surface area contributed by atoms with Gasteiger partial charge in [-0.15, -0.1) is 11.8 Å². The Kier molecular flexibility index (Phi) is 7.20. The molecule has 1 unspecified atom stereocenters. The molecule has 24 heavy (non-hydrogen) atoms. The molecule has 0 spiro atoms. The summed E-state index contributed by atoms with van der Waals surface area (Å²) in [5.74, 6) is -2.48. The molecule has 0 aliphatic heterocycles. The van der Waals surface area contributed by atoms with Crippen molar-refractivity contribution in [3.63, 3.8) is 0 Å². The maximum atomic E-state index is 14.0. The summed E-state index contributed by atoms with van der Waals surface area (Å²) in [5, 5.41) is 1.75. The fourth-order valence-corrected chi connectivity index (χ4v) is 2.75. The van der Waals surface area contributed by atoms with E-state index in [9.17, 15) is 18.4 Å². The van der Waals surface area contributed by atoms with Crippen LogP contribution in [-0.4, -0.2) is 22.7 Å². The predicted molar refractivity (Wildman–Crippen MR) is 91.1 cm³/mol. The summed E-state index contributed by atoms with van der Waals surface area (Å²) in [7, 11) is 0. The molecule has 4 nitrogen and oxygen atoms in total. The number of rotatable bonds is 6. The number of carbonyl (C=O) groups excluding carboxylic acids is 2. The van der Waals surface area contributed by atoms with Gasteiger partial charge in [0.05, 0.1) is 5.69 Å². The van der Waals surface area contributed by atoms with Crippen LogP contribution in [0, 0.1) is 11.6 Å². The number of halogens is 2. The van der Waals surface area contributed by atoms with Crippen LogP contribution in [0.5, 0.6) is 0 Å². The molecule has 1 rings (SSSR count). The summed E-state index contributed by atoms with van der Waals surface area (Å²) in [6, 6.07) is 1.91. The van der Waals surface area contributed by atoms with Crippen molar-refractivity contribution in [3.05, 3.63) is 23.8 Å². The minimum Gasteiger partial charge on any atom is -0.459 e. The van der Waals surface area contributed by atoms with Gasteiger partial charge in [-0.25, -0.2) is 8.78 Å². The van der Waals surface area contributed by atoms with Crippen LogP contribution in [-0.2, 0) is 14.3 Å². The Morgan fingerprint density at radius 3 is 2.33 bits per heavy atom. The van der Waals surface area contributed by atoms with E-state index >= 15 is 0 Å². The SMILES string of the molecule is CCC(=O)Nc1cc(SC(CC)C(=O)OC(C)(C)C)c(F)cc1F. The van der Waals surface area contributed by atoms with Crippen molar-refractivity contribution in [3.8, 4) is 0 Å². The van der Waals surface area contributed by atoms with Crippen molar-refractivity contribution in [2.45, 2.75) is 63.2 Å². The van der Waals surface area contributed by atoms with Crippen LogP contribution in [0.15, 0.2) is 17.0 Å². The molecule has 1 N–H and O–H groups in total. The first-order valence-electron chi connectivity index (χ1n) is 7.75. The van der Waals surface area contributed by atoms with E-state index < -0.39 is 28.5 Å². The molecule has 0 aromatic heterocycles. The second kappa shape index (κ2) is 8.46. The van der Waals surface area contributed by atoms with Crippen LogP contribution in [0.4, 0.5) is 14.5 Å². The van der Waals surface area contributed by atoms with E-state index in [0.29, 0.717) is 12.5 Å². The molecule has 1 aromatic carbocycles. The zero-order valence-electron chi connectivity index (χ0n) is 14.5. The van der Waals surface area contributed by atoms with E-state index in [2.05, 4.69) is 5.32 Å². The van der Waals surface area contributed by atoms with Crippen LogP contribution < -0.4 is 5.32 Å². The van der Waals surface area contributed by atoms with Gasteiger partial charge in [0, 0.05) is 17.4 Å². The van der Waals surface area contributed by atoms with Gasteiger partial charge in [-0.3, -0.25) is 9.59 Å². The summed E-state index contributed by atoms with van der Waals surface area (Å²) in [5.41, 5.74) is -0.753. The molecular weight excluding hydrogens is 336 g/mol. The average Bonchev–Trinajstić information content (AvgIpc) is 2.46. The first-order chi connectivity index (χ1) is 11.1. The van der Waals surface area contributed by atoms with Crippen LogP contribution in [0.3, 0.4) is 0 Å². The van der Waals surface area contributed by atoms with Crippen LogP contribution in [0.2, 0.25) is 0 Å². The maximum absolute atomic E-state index is 14.0. The van der Waals surface area contributed by atoms with Crippen molar-refractivity contribution in [2.75, 3.05) is 5.32 Å². The molecule has 0 bridgehead atoms. The molecular formula is C17H23F2NO3S. The number of ether oxygens (including phenoxy) is 1. The molecule has 7 heteroatoms. The lowest BCUT2D eigenvalue weighted by molar-refractivity contribution is -0.154.